The van der Waals surface area contributed by atoms with Gasteiger partial charge in [0.05, 0.1) is 31.6 Å². The van der Waals surface area contributed by atoms with Gasteiger partial charge in [-0.25, -0.2) is 4.98 Å². The molecule has 0 bridgehead atoms. The molecule has 1 atom stereocenters. The van der Waals surface area contributed by atoms with Crippen LogP contribution in [0.5, 0.6) is 5.75 Å². The van der Waals surface area contributed by atoms with E-state index in [0.717, 1.165) is 48.4 Å². The molecule has 3 aromatic rings. The number of imidazole rings is 1. The van der Waals surface area contributed by atoms with Crippen LogP contribution in [0, 0.1) is 0 Å². The molecule has 0 aliphatic carbocycles. The number of nitrogens with zero attached hydrogens (tertiary/aromatic N) is 3. The lowest BCUT2D eigenvalue weighted by Gasteiger charge is -2.29. The van der Waals surface area contributed by atoms with Crippen molar-refractivity contribution in [3.63, 3.8) is 0 Å². The minimum Gasteiger partial charge on any atom is -0.497 e. The highest BCUT2D eigenvalue weighted by molar-refractivity contribution is 14.0. The van der Waals surface area contributed by atoms with Crippen LogP contribution in [-0.4, -0.2) is 54.6 Å². The first-order chi connectivity index (χ1) is 15.8. The Hall–Kier alpha value is -2.59. The zero-order chi connectivity index (χ0) is 22.2. The number of ether oxygens (including phenoxy) is 1. The normalized spacial score (nSPS) is 15.0. The molecule has 8 heteroatoms. The molecule has 1 saturated heterocycles. The van der Waals surface area contributed by atoms with Crippen molar-refractivity contribution < 1.29 is 4.74 Å². The first-order valence-electron chi connectivity index (χ1n) is 11.2. The molecule has 1 aliphatic rings. The van der Waals surface area contributed by atoms with E-state index in [1.54, 1.807) is 14.2 Å². The van der Waals surface area contributed by atoms with Crippen LogP contribution >= 0.6 is 24.0 Å². The van der Waals surface area contributed by atoms with E-state index in [1.807, 2.05) is 30.5 Å². The zero-order valence-corrected chi connectivity index (χ0v) is 21.6. The number of aromatic amines is 1. The van der Waals surface area contributed by atoms with Crippen molar-refractivity contribution in [3.8, 4) is 17.0 Å². The molecule has 4 rings (SSSR count). The fraction of sp³-hybridized carbons (Fsp3) is 0.360. The number of halogens is 1. The van der Waals surface area contributed by atoms with Crippen LogP contribution in [0.1, 0.15) is 30.3 Å². The number of benzene rings is 2. The maximum Gasteiger partial charge on any atom is 0.191 e. The largest absolute Gasteiger partial charge is 0.497 e. The third-order valence-electron chi connectivity index (χ3n) is 5.88. The number of rotatable bonds is 8. The molecule has 176 valence electrons. The Kier molecular flexibility index (Phi) is 9.56. The molecule has 7 nitrogen and oxygen atoms in total. The summed E-state index contributed by atoms with van der Waals surface area (Å²) < 4.78 is 5.45. The van der Waals surface area contributed by atoms with Crippen molar-refractivity contribution >= 4 is 29.9 Å². The average molecular weight is 560 g/mol. The van der Waals surface area contributed by atoms with Crippen LogP contribution in [0.3, 0.4) is 0 Å². The molecule has 0 amide bonds. The number of aromatic nitrogens is 2. The van der Waals surface area contributed by atoms with Gasteiger partial charge in [0.25, 0.3) is 0 Å². The number of likely N-dealkylation sites (tertiary alicyclic amines) is 1. The summed E-state index contributed by atoms with van der Waals surface area (Å²) >= 11 is 0. The van der Waals surface area contributed by atoms with Crippen molar-refractivity contribution in [2.24, 2.45) is 4.99 Å². The van der Waals surface area contributed by atoms with E-state index >= 15 is 0 Å². The number of methoxy groups -OCH3 is 1. The van der Waals surface area contributed by atoms with Crippen molar-refractivity contribution in [3.05, 3.63) is 72.2 Å². The van der Waals surface area contributed by atoms with Crippen molar-refractivity contribution in [2.45, 2.75) is 25.4 Å². The quantitative estimate of drug-likeness (QED) is 0.219. The maximum absolute atomic E-state index is 5.45. The van der Waals surface area contributed by atoms with E-state index < -0.39 is 0 Å². The van der Waals surface area contributed by atoms with Gasteiger partial charge in [-0.3, -0.25) is 9.89 Å². The van der Waals surface area contributed by atoms with Gasteiger partial charge in [-0.15, -0.1) is 24.0 Å². The Bertz CT molecular complexity index is 1020. The van der Waals surface area contributed by atoms with E-state index in [0.29, 0.717) is 6.54 Å². The van der Waals surface area contributed by atoms with Crippen LogP contribution in [-0.2, 0) is 6.54 Å². The molecule has 0 radical (unpaired) electrons. The van der Waals surface area contributed by atoms with E-state index in [2.05, 4.69) is 60.8 Å². The molecular weight excluding hydrogens is 527 g/mol. The first kappa shape index (κ1) is 25.0. The summed E-state index contributed by atoms with van der Waals surface area (Å²) in [5, 5.41) is 6.88. The molecule has 1 fully saturated rings. The highest BCUT2D eigenvalue weighted by Gasteiger charge is 2.24. The summed E-state index contributed by atoms with van der Waals surface area (Å²) in [5.41, 5.74) is 3.39. The van der Waals surface area contributed by atoms with Crippen molar-refractivity contribution in [2.75, 3.05) is 33.8 Å². The molecular formula is C25H33IN6O. The van der Waals surface area contributed by atoms with Gasteiger partial charge in [0.2, 0.25) is 0 Å². The van der Waals surface area contributed by atoms with E-state index in [4.69, 9.17) is 4.74 Å². The Morgan fingerprint density at radius 3 is 2.64 bits per heavy atom. The lowest BCUT2D eigenvalue weighted by atomic mass is 10.1. The summed E-state index contributed by atoms with van der Waals surface area (Å²) in [6.07, 6.45) is 4.36. The summed E-state index contributed by atoms with van der Waals surface area (Å²) in [6.45, 7) is 3.56. The standard InChI is InChI=1S/C25H32N6O.HI/c1-26-25(29-18-24-27-16-22(30-24)19-9-4-3-5-10-19)28-17-23(31-13-6-7-14-31)20-11-8-12-21(15-20)32-2;/h3-5,8-12,15-16,23H,6-7,13-14,17-18H2,1-2H3,(H,27,30)(H2,26,28,29);1H. The summed E-state index contributed by atoms with van der Waals surface area (Å²) in [5.74, 6) is 2.52. The molecule has 1 aliphatic heterocycles. The van der Waals surface area contributed by atoms with E-state index in [-0.39, 0.29) is 30.0 Å². The fourth-order valence-corrected chi connectivity index (χ4v) is 4.16. The number of hydrogen-bond acceptors (Lipinski definition) is 4. The van der Waals surface area contributed by atoms with Crippen molar-refractivity contribution in [1.82, 2.24) is 25.5 Å². The smallest absolute Gasteiger partial charge is 0.191 e. The second-order valence-corrected chi connectivity index (χ2v) is 7.95. The van der Waals surface area contributed by atoms with Gasteiger partial charge in [-0.1, -0.05) is 42.5 Å². The second kappa shape index (κ2) is 12.6. The Balaban J connectivity index is 0.00000306. The summed E-state index contributed by atoms with van der Waals surface area (Å²) in [6, 6.07) is 18.8. The molecule has 3 N–H and O–H groups in total. The van der Waals surface area contributed by atoms with Gasteiger partial charge >= 0.3 is 0 Å². The molecule has 1 aromatic heterocycles. The number of nitrogens with one attached hydrogen (secondary N) is 3. The third-order valence-corrected chi connectivity index (χ3v) is 5.88. The Morgan fingerprint density at radius 1 is 1.12 bits per heavy atom. The van der Waals surface area contributed by atoms with Crippen LogP contribution in [0.25, 0.3) is 11.3 Å². The molecule has 2 aromatic carbocycles. The van der Waals surface area contributed by atoms with Crippen LogP contribution < -0.4 is 15.4 Å². The number of aliphatic imine (C=N–C) groups is 1. The average Bonchev–Trinajstić information content (AvgIpc) is 3.55. The number of guanidine groups is 1. The molecule has 33 heavy (non-hydrogen) atoms. The first-order valence-corrected chi connectivity index (χ1v) is 11.2. The highest BCUT2D eigenvalue weighted by Crippen LogP contribution is 2.27. The van der Waals surface area contributed by atoms with Crippen LogP contribution in [0.4, 0.5) is 0 Å². The zero-order valence-electron chi connectivity index (χ0n) is 19.3. The third kappa shape index (κ3) is 6.70. The van der Waals surface area contributed by atoms with Gasteiger partial charge < -0.3 is 20.4 Å². The van der Waals surface area contributed by atoms with Crippen molar-refractivity contribution in [1.29, 1.82) is 0 Å². The number of H-pyrrole nitrogens is 1. The van der Waals surface area contributed by atoms with Gasteiger partial charge in [0.1, 0.15) is 11.6 Å². The predicted molar refractivity (Wildman–Crippen MR) is 144 cm³/mol. The van der Waals surface area contributed by atoms with E-state index in [9.17, 15) is 0 Å². The monoisotopic (exact) mass is 560 g/mol. The summed E-state index contributed by atoms with van der Waals surface area (Å²) in [4.78, 5) is 14.8. The van der Waals surface area contributed by atoms with Crippen LogP contribution in [0.15, 0.2) is 65.8 Å². The topological polar surface area (TPSA) is 77.6 Å². The molecule has 2 heterocycles. The predicted octanol–water partition coefficient (Wildman–Crippen LogP) is 4.21. The minimum absolute atomic E-state index is 0. The Morgan fingerprint density at radius 2 is 1.91 bits per heavy atom. The molecule has 0 spiro atoms. The Labute approximate surface area is 213 Å². The minimum atomic E-state index is 0. The molecule has 0 saturated carbocycles. The van der Waals surface area contributed by atoms with Gasteiger partial charge in [-0.2, -0.15) is 0 Å². The lowest BCUT2D eigenvalue weighted by Crippen LogP contribution is -2.42. The SMILES string of the molecule is CN=C(NCc1ncc(-c2ccccc2)[nH]1)NCC(c1cccc(OC)c1)N1CCCC1.I. The van der Waals surface area contributed by atoms with Gasteiger partial charge in [0.15, 0.2) is 5.96 Å². The highest BCUT2D eigenvalue weighted by atomic mass is 127. The maximum atomic E-state index is 5.45. The number of hydrogen-bond donors (Lipinski definition) is 3. The molecule has 1 unspecified atom stereocenters. The van der Waals surface area contributed by atoms with Gasteiger partial charge in [-0.05, 0) is 49.2 Å². The van der Waals surface area contributed by atoms with E-state index in [1.165, 1.54) is 18.4 Å². The van der Waals surface area contributed by atoms with Crippen LogP contribution in [0.2, 0.25) is 0 Å². The fourth-order valence-electron chi connectivity index (χ4n) is 4.16. The summed E-state index contributed by atoms with van der Waals surface area (Å²) in [7, 11) is 3.51. The van der Waals surface area contributed by atoms with Gasteiger partial charge in [0, 0.05) is 13.6 Å². The second-order valence-electron chi connectivity index (χ2n) is 7.95. The lowest BCUT2D eigenvalue weighted by molar-refractivity contribution is 0.245.